The number of fused-ring (bicyclic) bond motifs is 2. The second kappa shape index (κ2) is 4.36. The van der Waals surface area contributed by atoms with Gasteiger partial charge in [-0.3, -0.25) is 9.21 Å². The van der Waals surface area contributed by atoms with Crippen molar-refractivity contribution in [1.82, 2.24) is 0 Å². The van der Waals surface area contributed by atoms with Gasteiger partial charge in [0.05, 0.1) is 5.69 Å². The van der Waals surface area contributed by atoms with Gasteiger partial charge in [0.25, 0.3) is 0 Å². The second-order valence-corrected chi connectivity index (χ2v) is 7.07. The SMILES string of the molecule is CC1(C)[C@@H]2CC[C@@]1(C)C(=O)/C2=C\N(Cl)c1ccccc1. The molecular weight excluding hydrogens is 270 g/mol. The molecule has 3 heteroatoms. The van der Waals surface area contributed by atoms with Crippen molar-refractivity contribution in [3.8, 4) is 0 Å². The molecule has 0 spiro atoms. The van der Waals surface area contributed by atoms with Gasteiger partial charge in [-0.05, 0) is 36.3 Å². The third-order valence-electron chi connectivity index (χ3n) is 5.62. The monoisotopic (exact) mass is 289 g/mol. The quantitative estimate of drug-likeness (QED) is 0.588. The minimum absolute atomic E-state index is 0.0321. The first-order valence-electron chi connectivity index (χ1n) is 7.14. The Balaban J connectivity index is 1.96. The fraction of sp³-hybridized carbons (Fsp3) is 0.471. The Labute approximate surface area is 125 Å². The van der Waals surface area contributed by atoms with E-state index in [-0.39, 0.29) is 16.6 Å². The van der Waals surface area contributed by atoms with E-state index in [2.05, 4.69) is 20.8 Å². The van der Waals surface area contributed by atoms with Gasteiger partial charge in [-0.2, -0.15) is 0 Å². The molecule has 0 heterocycles. The van der Waals surface area contributed by atoms with E-state index < -0.39 is 0 Å². The molecule has 106 valence electrons. The van der Waals surface area contributed by atoms with E-state index in [1.54, 1.807) is 4.42 Å². The number of carbonyl (C=O) groups is 1. The predicted octanol–water partition coefficient (Wildman–Crippen LogP) is 4.56. The number of carbonyl (C=O) groups excluding carboxylic acids is 1. The standard InChI is InChI=1S/C17H20ClNO/c1-16(2)14-9-10-17(16,3)15(20)13(14)11-19(18)12-7-5-4-6-8-12/h4-8,11,14H,9-10H2,1-3H3/b13-11-/t14-,17+/m1/s1. The Bertz CT molecular complexity index is 578. The lowest BCUT2D eigenvalue weighted by molar-refractivity contribution is -0.125. The normalized spacial score (nSPS) is 32.9. The van der Waals surface area contributed by atoms with Crippen LogP contribution < -0.4 is 4.42 Å². The van der Waals surface area contributed by atoms with Crippen LogP contribution in [-0.2, 0) is 4.79 Å². The van der Waals surface area contributed by atoms with Crippen LogP contribution in [0.1, 0.15) is 33.6 Å². The molecule has 0 unspecified atom stereocenters. The van der Waals surface area contributed by atoms with Crippen LogP contribution in [0.5, 0.6) is 0 Å². The summed E-state index contributed by atoms with van der Waals surface area (Å²) in [6, 6.07) is 9.71. The van der Waals surface area contributed by atoms with Gasteiger partial charge in [0.15, 0.2) is 5.78 Å². The first-order chi connectivity index (χ1) is 9.38. The minimum atomic E-state index is -0.224. The number of allylic oxidation sites excluding steroid dienone is 1. The summed E-state index contributed by atoms with van der Waals surface area (Å²) in [6.07, 6.45) is 3.91. The number of para-hydroxylation sites is 1. The van der Waals surface area contributed by atoms with Crippen LogP contribution in [0, 0.1) is 16.7 Å². The molecule has 2 bridgehead atoms. The van der Waals surface area contributed by atoms with Crippen molar-refractivity contribution in [2.45, 2.75) is 33.6 Å². The van der Waals surface area contributed by atoms with Crippen molar-refractivity contribution >= 4 is 23.2 Å². The number of hydrogen-bond donors (Lipinski definition) is 0. The van der Waals surface area contributed by atoms with Gasteiger partial charge in [-0.1, -0.05) is 39.0 Å². The highest BCUT2D eigenvalue weighted by Crippen LogP contribution is 2.65. The first kappa shape index (κ1) is 13.7. The molecule has 2 saturated carbocycles. The summed E-state index contributed by atoms with van der Waals surface area (Å²) in [4.78, 5) is 12.7. The minimum Gasteiger partial charge on any atom is -0.294 e. The molecule has 2 aliphatic rings. The summed E-state index contributed by atoms with van der Waals surface area (Å²) < 4.78 is 1.55. The van der Waals surface area contributed by atoms with Gasteiger partial charge in [0.2, 0.25) is 0 Å². The van der Waals surface area contributed by atoms with E-state index in [1.165, 1.54) is 0 Å². The third kappa shape index (κ3) is 1.67. The van der Waals surface area contributed by atoms with Crippen molar-refractivity contribution in [3.63, 3.8) is 0 Å². The van der Waals surface area contributed by atoms with Crippen LogP contribution in [-0.4, -0.2) is 5.78 Å². The van der Waals surface area contributed by atoms with Crippen molar-refractivity contribution in [3.05, 3.63) is 42.1 Å². The summed E-state index contributed by atoms with van der Waals surface area (Å²) in [5.74, 6) is 0.602. The average Bonchev–Trinajstić information content (AvgIpc) is 2.74. The fourth-order valence-corrected chi connectivity index (χ4v) is 4.06. The van der Waals surface area contributed by atoms with E-state index in [0.717, 1.165) is 24.1 Å². The third-order valence-corrected chi connectivity index (χ3v) is 5.91. The van der Waals surface area contributed by atoms with Gasteiger partial charge >= 0.3 is 0 Å². The molecule has 2 aliphatic carbocycles. The predicted molar refractivity (Wildman–Crippen MR) is 82.5 cm³/mol. The van der Waals surface area contributed by atoms with E-state index in [0.29, 0.717) is 5.92 Å². The van der Waals surface area contributed by atoms with Gasteiger partial charge < -0.3 is 0 Å². The molecule has 3 rings (SSSR count). The van der Waals surface area contributed by atoms with Crippen LogP contribution in [0.4, 0.5) is 5.69 Å². The zero-order valence-electron chi connectivity index (χ0n) is 12.2. The Morgan fingerprint density at radius 1 is 1.25 bits per heavy atom. The molecule has 2 fully saturated rings. The first-order valence-corrected chi connectivity index (χ1v) is 7.48. The molecule has 2 nitrogen and oxygen atoms in total. The highest BCUT2D eigenvalue weighted by atomic mass is 35.5. The zero-order valence-corrected chi connectivity index (χ0v) is 12.9. The molecule has 1 aromatic carbocycles. The molecule has 20 heavy (non-hydrogen) atoms. The number of Topliss-reactive ketones (excluding diaryl/α,β-unsaturated/α-hetero) is 1. The number of benzene rings is 1. The Morgan fingerprint density at radius 3 is 2.45 bits per heavy atom. The lowest BCUT2D eigenvalue weighted by Crippen LogP contribution is -2.32. The van der Waals surface area contributed by atoms with Gasteiger partial charge in [0.1, 0.15) is 0 Å². The lowest BCUT2D eigenvalue weighted by atomic mass is 9.70. The molecule has 2 atom stereocenters. The summed E-state index contributed by atoms with van der Waals surface area (Å²) >= 11 is 6.33. The Kier molecular flexibility index (Phi) is 2.98. The van der Waals surface area contributed by atoms with E-state index in [4.69, 9.17) is 11.8 Å². The molecule has 0 saturated heterocycles. The van der Waals surface area contributed by atoms with Crippen LogP contribution in [0.2, 0.25) is 0 Å². The Morgan fingerprint density at radius 2 is 1.90 bits per heavy atom. The van der Waals surface area contributed by atoms with E-state index in [9.17, 15) is 4.79 Å². The van der Waals surface area contributed by atoms with Crippen LogP contribution >= 0.6 is 11.8 Å². The molecular formula is C17H20ClNO. The number of hydrogen-bond acceptors (Lipinski definition) is 2. The molecule has 0 aliphatic heterocycles. The largest absolute Gasteiger partial charge is 0.294 e. The van der Waals surface area contributed by atoms with Crippen molar-refractivity contribution in [1.29, 1.82) is 0 Å². The van der Waals surface area contributed by atoms with Crippen LogP contribution in [0.15, 0.2) is 42.1 Å². The van der Waals surface area contributed by atoms with Gasteiger partial charge in [-0.15, -0.1) is 0 Å². The van der Waals surface area contributed by atoms with Crippen molar-refractivity contribution in [2.75, 3.05) is 4.42 Å². The van der Waals surface area contributed by atoms with E-state index in [1.807, 2.05) is 36.5 Å². The summed E-state index contributed by atoms with van der Waals surface area (Å²) in [5.41, 5.74) is 1.59. The van der Waals surface area contributed by atoms with Gasteiger partial charge in [-0.25, -0.2) is 0 Å². The Hall–Kier alpha value is -1.28. The smallest absolute Gasteiger partial charge is 0.167 e. The highest BCUT2D eigenvalue weighted by Gasteiger charge is 2.64. The number of rotatable bonds is 2. The zero-order chi connectivity index (χ0) is 14.5. The molecule has 0 radical (unpaired) electrons. The molecule has 1 aromatic rings. The number of ketones is 1. The summed E-state index contributed by atoms with van der Waals surface area (Å²) in [5, 5.41) is 0. The van der Waals surface area contributed by atoms with Crippen molar-refractivity contribution in [2.24, 2.45) is 16.7 Å². The maximum absolute atomic E-state index is 12.7. The molecule has 0 N–H and O–H groups in total. The number of anilines is 1. The van der Waals surface area contributed by atoms with Crippen LogP contribution in [0.3, 0.4) is 0 Å². The second-order valence-electron chi connectivity index (χ2n) is 6.71. The van der Waals surface area contributed by atoms with E-state index >= 15 is 0 Å². The topological polar surface area (TPSA) is 20.3 Å². The van der Waals surface area contributed by atoms with Crippen molar-refractivity contribution < 1.29 is 4.79 Å². The fourth-order valence-electron chi connectivity index (χ4n) is 3.84. The number of nitrogens with zero attached hydrogens (tertiary/aromatic N) is 1. The maximum atomic E-state index is 12.7. The van der Waals surface area contributed by atoms with Gasteiger partial charge in [0, 0.05) is 29.0 Å². The van der Waals surface area contributed by atoms with Crippen LogP contribution in [0.25, 0.3) is 0 Å². The summed E-state index contributed by atoms with van der Waals surface area (Å²) in [7, 11) is 0. The molecule has 0 aromatic heterocycles. The average molecular weight is 290 g/mol. The number of halogens is 1. The summed E-state index contributed by atoms with van der Waals surface area (Å²) in [6.45, 7) is 6.53. The molecule has 0 amide bonds. The highest BCUT2D eigenvalue weighted by molar-refractivity contribution is 6.27. The lowest BCUT2D eigenvalue weighted by Gasteiger charge is -2.31. The maximum Gasteiger partial charge on any atom is 0.167 e.